The number of pyridine rings is 1. The third-order valence-corrected chi connectivity index (χ3v) is 8.17. The molecule has 0 bridgehead atoms. The largest absolute Gasteiger partial charge is 0.438 e. The van der Waals surface area contributed by atoms with Gasteiger partial charge in [0.25, 0.3) is 0 Å². The molecule has 0 aliphatic rings. The number of nitrogens with one attached hydrogen (secondary N) is 3. The van der Waals surface area contributed by atoms with Crippen molar-refractivity contribution in [1.82, 2.24) is 24.7 Å². The van der Waals surface area contributed by atoms with E-state index in [2.05, 4.69) is 49.7 Å². The second-order valence-corrected chi connectivity index (χ2v) is 14.9. The van der Waals surface area contributed by atoms with Crippen LogP contribution in [0.25, 0.3) is 16.5 Å². The SMILES string of the molecule is Cc1ccc(-n2nc(S(C)(C)C)cc2NC(=O)Nc2ccc(Oc3ccnc(Nc4ccccn4)n3)c3ccccc23)cc1. The number of aromatic nitrogens is 5. The number of carbonyl (C=O) groups is 1. The molecule has 222 valence electrons. The highest BCUT2D eigenvalue weighted by Crippen LogP contribution is 2.45. The zero-order valence-electron chi connectivity index (χ0n) is 24.8. The summed E-state index contributed by atoms with van der Waals surface area (Å²) in [5, 5.41) is 16.5. The van der Waals surface area contributed by atoms with E-state index in [9.17, 15) is 4.79 Å². The lowest BCUT2D eigenvalue weighted by Gasteiger charge is -2.21. The van der Waals surface area contributed by atoms with Crippen molar-refractivity contribution in [3.05, 3.63) is 109 Å². The number of hydrogen-bond donors (Lipinski definition) is 3. The molecule has 6 rings (SSSR count). The number of anilines is 4. The van der Waals surface area contributed by atoms with Gasteiger partial charge in [0.2, 0.25) is 11.8 Å². The lowest BCUT2D eigenvalue weighted by Crippen LogP contribution is -2.21. The molecule has 0 radical (unpaired) electrons. The summed E-state index contributed by atoms with van der Waals surface area (Å²) in [6.07, 6.45) is 9.83. The fraction of sp³-hybridized carbons (Fsp3) is 0.121. The number of urea groups is 1. The fourth-order valence-corrected chi connectivity index (χ4v) is 5.28. The predicted molar refractivity (Wildman–Crippen MR) is 178 cm³/mol. The summed E-state index contributed by atoms with van der Waals surface area (Å²) >= 11 is 0. The van der Waals surface area contributed by atoms with E-state index in [1.54, 1.807) is 23.1 Å². The molecule has 0 aliphatic heterocycles. The first-order valence-electron chi connectivity index (χ1n) is 13.9. The Morgan fingerprint density at radius 3 is 2.34 bits per heavy atom. The molecule has 10 nitrogen and oxygen atoms in total. The quantitative estimate of drug-likeness (QED) is 0.162. The minimum Gasteiger partial charge on any atom is -0.438 e. The molecule has 0 saturated carbocycles. The van der Waals surface area contributed by atoms with Crippen molar-refractivity contribution in [2.24, 2.45) is 0 Å². The third-order valence-electron chi connectivity index (χ3n) is 6.72. The molecule has 6 aromatic rings. The van der Waals surface area contributed by atoms with Gasteiger partial charge in [-0.2, -0.15) is 10.1 Å². The van der Waals surface area contributed by atoms with Crippen LogP contribution < -0.4 is 20.7 Å². The standard InChI is InChI=1S/C33H32N8O2S/c1-22-12-14-23(15-13-22)41-29(21-31(40-41)44(2,3)4)38-33(42)36-26-16-17-27(25-10-6-5-9-24(25)26)43-30-18-20-35-32(39-30)37-28-11-7-8-19-34-28/h5-21H,1-4H3,(H2,36,38,42)(H,34,35,37,39). The number of aryl methyl sites for hydroxylation is 1. The van der Waals surface area contributed by atoms with Crippen molar-refractivity contribution in [3.63, 3.8) is 0 Å². The molecule has 0 spiro atoms. The number of fused-ring (bicyclic) bond motifs is 1. The van der Waals surface area contributed by atoms with Gasteiger partial charge < -0.3 is 15.4 Å². The minimum atomic E-state index is -1.13. The number of nitrogens with zero attached hydrogens (tertiary/aromatic N) is 5. The number of amides is 2. The van der Waals surface area contributed by atoms with Crippen molar-refractivity contribution in [3.8, 4) is 17.3 Å². The smallest absolute Gasteiger partial charge is 0.324 e. The average Bonchev–Trinajstić information content (AvgIpc) is 3.44. The van der Waals surface area contributed by atoms with Gasteiger partial charge in [0, 0.05) is 35.3 Å². The Bertz CT molecular complexity index is 1940. The molecule has 11 heteroatoms. The molecule has 0 atom stereocenters. The Morgan fingerprint density at radius 2 is 1.59 bits per heavy atom. The fourth-order valence-electron chi connectivity index (χ4n) is 4.49. The topological polar surface area (TPSA) is 119 Å². The highest BCUT2D eigenvalue weighted by Gasteiger charge is 2.19. The molecular weight excluding hydrogens is 572 g/mol. The van der Waals surface area contributed by atoms with Gasteiger partial charge in [-0.3, -0.25) is 5.32 Å². The molecule has 3 heterocycles. The Kier molecular flexibility index (Phi) is 7.86. The van der Waals surface area contributed by atoms with E-state index in [4.69, 9.17) is 9.84 Å². The maximum absolute atomic E-state index is 13.4. The van der Waals surface area contributed by atoms with Crippen LogP contribution in [0.15, 0.2) is 108 Å². The van der Waals surface area contributed by atoms with Crippen molar-refractivity contribution in [2.45, 2.75) is 11.9 Å². The van der Waals surface area contributed by atoms with Gasteiger partial charge in [0.1, 0.15) is 22.4 Å². The molecule has 0 saturated heterocycles. The van der Waals surface area contributed by atoms with Crippen LogP contribution >= 0.6 is 10.0 Å². The monoisotopic (exact) mass is 604 g/mol. The molecule has 0 aliphatic carbocycles. The second kappa shape index (κ2) is 12.1. The highest BCUT2D eigenvalue weighted by atomic mass is 32.3. The average molecular weight is 605 g/mol. The Balaban J connectivity index is 1.24. The normalized spacial score (nSPS) is 11.6. The maximum Gasteiger partial charge on any atom is 0.324 e. The Hall–Kier alpha value is -5.42. The van der Waals surface area contributed by atoms with Crippen molar-refractivity contribution >= 4 is 50.1 Å². The molecular formula is C33H32N8O2S. The predicted octanol–water partition coefficient (Wildman–Crippen LogP) is 7.75. The van der Waals surface area contributed by atoms with Gasteiger partial charge in [-0.05, 0) is 62.1 Å². The van der Waals surface area contributed by atoms with Crippen molar-refractivity contribution in [1.29, 1.82) is 0 Å². The van der Waals surface area contributed by atoms with Crippen molar-refractivity contribution in [2.75, 3.05) is 34.7 Å². The summed E-state index contributed by atoms with van der Waals surface area (Å²) in [6, 6.07) is 28.2. The van der Waals surface area contributed by atoms with Gasteiger partial charge in [0.15, 0.2) is 0 Å². The van der Waals surface area contributed by atoms with Gasteiger partial charge in [0.05, 0.1) is 11.4 Å². The molecule has 2 amide bonds. The summed E-state index contributed by atoms with van der Waals surface area (Å²) in [5.74, 6) is 2.53. The zero-order chi connectivity index (χ0) is 30.7. The molecule has 0 unspecified atom stereocenters. The van der Waals surface area contributed by atoms with E-state index in [1.807, 2.05) is 91.9 Å². The maximum atomic E-state index is 13.4. The van der Waals surface area contributed by atoms with Gasteiger partial charge >= 0.3 is 6.03 Å². The Morgan fingerprint density at radius 1 is 0.818 bits per heavy atom. The van der Waals surface area contributed by atoms with E-state index >= 15 is 0 Å². The van der Waals surface area contributed by atoms with Crippen LogP contribution in [-0.2, 0) is 0 Å². The number of rotatable bonds is 8. The second-order valence-electron chi connectivity index (χ2n) is 10.8. The van der Waals surface area contributed by atoms with Crippen LogP contribution in [-0.4, -0.2) is 49.5 Å². The summed E-state index contributed by atoms with van der Waals surface area (Å²) in [6.45, 7) is 2.04. The minimum absolute atomic E-state index is 0.363. The number of carbonyl (C=O) groups excluding carboxylic acids is 1. The van der Waals surface area contributed by atoms with Gasteiger partial charge in [-0.25, -0.2) is 29.5 Å². The van der Waals surface area contributed by atoms with Crippen LogP contribution in [0.4, 0.5) is 28.1 Å². The number of ether oxygens (including phenoxy) is 1. The molecule has 44 heavy (non-hydrogen) atoms. The summed E-state index contributed by atoms with van der Waals surface area (Å²) in [5.41, 5.74) is 2.65. The summed E-state index contributed by atoms with van der Waals surface area (Å²) in [4.78, 5) is 26.4. The lowest BCUT2D eigenvalue weighted by atomic mass is 10.1. The molecule has 0 fully saturated rings. The summed E-state index contributed by atoms with van der Waals surface area (Å²) < 4.78 is 7.96. The Labute approximate surface area is 256 Å². The lowest BCUT2D eigenvalue weighted by molar-refractivity contribution is 0.262. The molecule has 3 aromatic carbocycles. The molecule has 3 N–H and O–H groups in total. The van der Waals surface area contributed by atoms with Crippen LogP contribution in [0.3, 0.4) is 0 Å². The van der Waals surface area contributed by atoms with E-state index in [0.717, 1.165) is 27.0 Å². The van der Waals surface area contributed by atoms with Crippen LogP contribution in [0, 0.1) is 6.92 Å². The van der Waals surface area contributed by atoms with E-state index in [0.29, 0.717) is 34.9 Å². The number of hydrogen-bond acceptors (Lipinski definition) is 7. The first-order chi connectivity index (χ1) is 21.2. The highest BCUT2D eigenvalue weighted by molar-refractivity contribution is 8.32. The van der Waals surface area contributed by atoms with Crippen molar-refractivity contribution < 1.29 is 9.53 Å². The van der Waals surface area contributed by atoms with E-state index in [1.165, 1.54) is 0 Å². The van der Waals surface area contributed by atoms with Crippen LogP contribution in [0.5, 0.6) is 11.6 Å². The zero-order valence-corrected chi connectivity index (χ0v) is 25.6. The van der Waals surface area contributed by atoms with Crippen LogP contribution in [0.1, 0.15) is 5.56 Å². The van der Waals surface area contributed by atoms with E-state index in [-0.39, 0.29) is 6.03 Å². The summed E-state index contributed by atoms with van der Waals surface area (Å²) in [7, 11) is -1.13. The van der Waals surface area contributed by atoms with Gasteiger partial charge in [-0.1, -0.05) is 48.0 Å². The van der Waals surface area contributed by atoms with Crippen LogP contribution in [0.2, 0.25) is 0 Å². The number of benzene rings is 3. The van der Waals surface area contributed by atoms with E-state index < -0.39 is 10.0 Å². The first kappa shape index (κ1) is 28.7. The first-order valence-corrected chi connectivity index (χ1v) is 16.7. The molecule has 3 aromatic heterocycles. The third kappa shape index (κ3) is 6.47. The van der Waals surface area contributed by atoms with Gasteiger partial charge in [-0.15, -0.1) is 0 Å².